The first-order valence-electron chi connectivity index (χ1n) is 7.83. The van der Waals surface area contributed by atoms with Gasteiger partial charge in [-0.2, -0.15) is 5.10 Å². The van der Waals surface area contributed by atoms with Gasteiger partial charge < -0.3 is 5.32 Å². The number of pyridine rings is 1. The Kier molecular flexibility index (Phi) is 3.58. The van der Waals surface area contributed by atoms with Crippen molar-refractivity contribution in [2.24, 2.45) is 4.99 Å². The van der Waals surface area contributed by atoms with Crippen molar-refractivity contribution in [1.82, 2.24) is 15.2 Å². The van der Waals surface area contributed by atoms with E-state index >= 15 is 0 Å². The summed E-state index contributed by atoms with van der Waals surface area (Å²) in [4.78, 5) is 9.65. The highest BCUT2D eigenvalue weighted by atomic mass is 35.5. The zero-order chi connectivity index (χ0) is 16.7. The largest absolute Gasteiger partial charge is 0.335 e. The molecular formula is C18H16ClN5. The quantitative estimate of drug-likeness (QED) is 0.563. The number of aliphatic imine (C=N–C) groups is 1. The molecule has 0 saturated carbocycles. The van der Waals surface area contributed by atoms with Gasteiger partial charge in [-0.3, -0.25) is 5.10 Å². The number of hydrogen-bond acceptors (Lipinski definition) is 4. The minimum Gasteiger partial charge on any atom is -0.335 e. The van der Waals surface area contributed by atoms with Crippen molar-refractivity contribution in [3.8, 4) is 0 Å². The van der Waals surface area contributed by atoms with Gasteiger partial charge in [0.1, 0.15) is 17.1 Å². The van der Waals surface area contributed by atoms with Crippen LogP contribution in [0.25, 0.3) is 0 Å². The highest BCUT2D eigenvalue weighted by Crippen LogP contribution is 2.36. The minimum absolute atomic E-state index is 0.649. The number of nitrogens with zero attached hydrogens (tertiary/aromatic N) is 3. The number of aryl methyl sites for hydroxylation is 2. The summed E-state index contributed by atoms with van der Waals surface area (Å²) in [7, 11) is 0. The fraction of sp³-hybridized carbons (Fsp3) is 0.167. The summed E-state index contributed by atoms with van der Waals surface area (Å²) in [5, 5.41) is 11.3. The zero-order valence-corrected chi connectivity index (χ0v) is 14.1. The monoisotopic (exact) mass is 337 g/mol. The van der Waals surface area contributed by atoms with E-state index in [1.165, 1.54) is 0 Å². The van der Waals surface area contributed by atoms with Gasteiger partial charge in [0.15, 0.2) is 5.82 Å². The van der Waals surface area contributed by atoms with Crippen molar-refractivity contribution < 1.29 is 0 Å². The van der Waals surface area contributed by atoms with Crippen molar-refractivity contribution in [3.05, 3.63) is 64.1 Å². The third-order valence-electron chi connectivity index (χ3n) is 4.06. The molecule has 0 atom stereocenters. The minimum atomic E-state index is 0.649. The third-order valence-corrected chi connectivity index (χ3v) is 4.39. The van der Waals surface area contributed by atoms with Gasteiger partial charge >= 0.3 is 0 Å². The van der Waals surface area contributed by atoms with E-state index in [1.807, 2.05) is 43.3 Å². The number of aromatic amines is 1. The molecule has 0 amide bonds. The predicted molar refractivity (Wildman–Crippen MR) is 97.0 cm³/mol. The van der Waals surface area contributed by atoms with Gasteiger partial charge in [-0.1, -0.05) is 36.7 Å². The van der Waals surface area contributed by atoms with Gasteiger partial charge in [-0.25, -0.2) is 9.98 Å². The molecule has 1 aliphatic heterocycles. The van der Waals surface area contributed by atoms with E-state index in [-0.39, 0.29) is 0 Å². The van der Waals surface area contributed by atoms with Gasteiger partial charge in [0.05, 0.1) is 16.4 Å². The Bertz CT molecular complexity index is 958. The Hall–Kier alpha value is -2.66. The van der Waals surface area contributed by atoms with Crippen LogP contribution in [-0.4, -0.2) is 20.9 Å². The maximum atomic E-state index is 6.44. The first-order valence-corrected chi connectivity index (χ1v) is 8.21. The summed E-state index contributed by atoms with van der Waals surface area (Å²) in [5.74, 6) is 0.696. The molecule has 2 N–H and O–H groups in total. The summed E-state index contributed by atoms with van der Waals surface area (Å²) in [6.45, 7) is 4.03. The predicted octanol–water partition coefficient (Wildman–Crippen LogP) is 4.56. The number of rotatable bonds is 2. The molecule has 0 unspecified atom stereocenters. The maximum Gasteiger partial charge on any atom is 0.178 e. The van der Waals surface area contributed by atoms with Crippen molar-refractivity contribution in [2.45, 2.75) is 20.3 Å². The number of H-pyrrole nitrogens is 1. The van der Waals surface area contributed by atoms with Crippen molar-refractivity contribution in [3.63, 3.8) is 0 Å². The summed E-state index contributed by atoms with van der Waals surface area (Å²) in [6.07, 6.45) is 0.854. The molecule has 3 heterocycles. The van der Waals surface area contributed by atoms with Crippen LogP contribution in [-0.2, 0) is 6.42 Å². The first kappa shape index (κ1) is 14.9. The summed E-state index contributed by atoms with van der Waals surface area (Å²) < 4.78 is 0. The van der Waals surface area contributed by atoms with Crippen LogP contribution in [0, 0.1) is 6.92 Å². The lowest BCUT2D eigenvalue weighted by Gasteiger charge is -2.12. The highest BCUT2D eigenvalue weighted by Gasteiger charge is 2.23. The molecule has 2 aromatic heterocycles. The van der Waals surface area contributed by atoms with Crippen LogP contribution in [0.1, 0.15) is 29.6 Å². The number of benzene rings is 1. The van der Waals surface area contributed by atoms with Gasteiger partial charge in [-0.05, 0) is 31.5 Å². The average Bonchev–Trinajstić information content (AvgIpc) is 2.85. The molecule has 0 saturated heterocycles. The Labute approximate surface area is 144 Å². The van der Waals surface area contributed by atoms with Gasteiger partial charge in [0.25, 0.3) is 0 Å². The molecule has 0 spiro atoms. The topological polar surface area (TPSA) is 66.0 Å². The number of hydrogen-bond donors (Lipinski definition) is 2. The first-order chi connectivity index (χ1) is 11.7. The van der Waals surface area contributed by atoms with E-state index < -0.39 is 0 Å². The van der Waals surface area contributed by atoms with E-state index in [0.29, 0.717) is 10.8 Å². The Balaban J connectivity index is 2.03. The van der Waals surface area contributed by atoms with E-state index in [1.54, 1.807) is 0 Å². The van der Waals surface area contributed by atoms with Crippen LogP contribution in [0.5, 0.6) is 0 Å². The lowest BCUT2D eigenvalue weighted by atomic mass is 10.0. The Morgan fingerprint density at radius 2 is 1.96 bits per heavy atom. The number of aromatic nitrogens is 3. The van der Waals surface area contributed by atoms with Crippen LogP contribution in [0.2, 0.25) is 5.02 Å². The smallest absolute Gasteiger partial charge is 0.178 e. The fourth-order valence-electron chi connectivity index (χ4n) is 2.76. The second kappa shape index (κ2) is 5.76. The van der Waals surface area contributed by atoms with Crippen molar-refractivity contribution in [1.29, 1.82) is 0 Å². The zero-order valence-electron chi connectivity index (χ0n) is 13.4. The third kappa shape index (κ3) is 2.37. The van der Waals surface area contributed by atoms with E-state index in [2.05, 4.69) is 22.4 Å². The molecule has 3 aromatic rings. The van der Waals surface area contributed by atoms with Gasteiger partial charge in [0, 0.05) is 11.3 Å². The van der Waals surface area contributed by atoms with E-state index in [0.717, 1.165) is 46.2 Å². The molecule has 0 radical (unpaired) electrons. The maximum absolute atomic E-state index is 6.44. The summed E-state index contributed by atoms with van der Waals surface area (Å²) >= 11 is 6.44. The van der Waals surface area contributed by atoms with Crippen LogP contribution < -0.4 is 5.32 Å². The van der Waals surface area contributed by atoms with E-state index in [9.17, 15) is 0 Å². The lowest BCUT2D eigenvalue weighted by molar-refractivity contribution is 1.02. The fourth-order valence-corrected chi connectivity index (χ4v) is 2.98. The molecular weight excluding hydrogens is 322 g/mol. The molecule has 24 heavy (non-hydrogen) atoms. The number of fused-ring (bicyclic) bond motifs is 2. The molecule has 4 rings (SSSR count). The Morgan fingerprint density at radius 3 is 2.75 bits per heavy atom. The molecule has 6 heteroatoms. The number of anilines is 2. The molecule has 120 valence electrons. The number of nitrogens with one attached hydrogen (secondary N) is 2. The highest BCUT2D eigenvalue weighted by molar-refractivity contribution is 6.36. The SMILES string of the molecule is CCc1ccc2c(n1)C(c1ccccc1Cl)=Nc1c(n[nH]c1C)N2. The second-order valence-electron chi connectivity index (χ2n) is 5.66. The summed E-state index contributed by atoms with van der Waals surface area (Å²) in [5.41, 5.74) is 5.95. The average molecular weight is 338 g/mol. The van der Waals surface area contributed by atoms with Crippen LogP contribution in [0.15, 0.2) is 41.4 Å². The molecule has 1 aromatic carbocycles. The van der Waals surface area contributed by atoms with Crippen molar-refractivity contribution >= 4 is 34.5 Å². The van der Waals surface area contributed by atoms with Crippen LogP contribution >= 0.6 is 11.6 Å². The molecule has 0 bridgehead atoms. The molecule has 0 aliphatic carbocycles. The normalized spacial score (nSPS) is 12.7. The lowest BCUT2D eigenvalue weighted by Crippen LogP contribution is -2.10. The Morgan fingerprint density at radius 1 is 1.12 bits per heavy atom. The second-order valence-corrected chi connectivity index (χ2v) is 6.07. The summed E-state index contributed by atoms with van der Waals surface area (Å²) in [6, 6.07) is 11.7. The van der Waals surface area contributed by atoms with Crippen LogP contribution in [0.4, 0.5) is 17.2 Å². The van der Waals surface area contributed by atoms with E-state index in [4.69, 9.17) is 21.6 Å². The molecule has 1 aliphatic rings. The molecule has 5 nitrogen and oxygen atoms in total. The standard InChI is InChI=1S/C18H16ClN5/c1-3-11-8-9-14-17(20-11)16(12-6-4-5-7-13(12)19)22-15-10(2)23-24-18(15)21-14/h4-9H,3H2,1-2H3,(H2,21,23,24). The van der Waals surface area contributed by atoms with Crippen LogP contribution in [0.3, 0.4) is 0 Å². The molecule has 0 fully saturated rings. The number of halogens is 1. The van der Waals surface area contributed by atoms with Gasteiger partial charge in [-0.15, -0.1) is 0 Å². The van der Waals surface area contributed by atoms with Gasteiger partial charge in [0.2, 0.25) is 0 Å². The van der Waals surface area contributed by atoms with Crippen molar-refractivity contribution in [2.75, 3.05) is 5.32 Å².